The Bertz CT molecular complexity index is 835. The molecule has 0 bridgehead atoms. The number of hydrazine groups is 1. The zero-order chi connectivity index (χ0) is 18.2. The van der Waals surface area contributed by atoms with Gasteiger partial charge in [0.05, 0.1) is 0 Å². The molecule has 3 aromatic carbocycles. The predicted molar refractivity (Wildman–Crippen MR) is 105 cm³/mol. The summed E-state index contributed by atoms with van der Waals surface area (Å²) in [6.07, 6.45) is 1.34. The Morgan fingerprint density at radius 3 is 1.28 bits per heavy atom. The van der Waals surface area contributed by atoms with Gasteiger partial charge in [0.1, 0.15) is 5.84 Å². The molecule has 0 atom stereocenters. The van der Waals surface area contributed by atoms with Crippen molar-refractivity contribution in [2.45, 2.75) is 0 Å². The van der Waals surface area contributed by atoms with Crippen LogP contribution in [0, 0.1) is 10.8 Å². The summed E-state index contributed by atoms with van der Waals surface area (Å²) in [6, 6.07) is 24.0. The minimum absolute atomic E-state index is 0.0836. The van der Waals surface area contributed by atoms with Gasteiger partial charge >= 0.3 is 0 Å². The fraction of sp³-hybridized carbons (Fsp3) is 0. The summed E-state index contributed by atoms with van der Waals surface area (Å²) in [5.41, 5.74) is 11.6. The molecular formula is C20H21N5. The maximum absolute atomic E-state index is 7.43. The van der Waals surface area contributed by atoms with Gasteiger partial charge in [-0.05, 0) is 27.8 Å². The number of nitrogen functional groups attached to an aromatic ring is 1. The first-order valence-electron chi connectivity index (χ1n) is 7.66. The average molecular weight is 331 g/mol. The number of nitrogens with two attached hydrogens (primary N) is 3. The van der Waals surface area contributed by atoms with Crippen LogP contribution in [0.15, 0.2) is 72.8 Å². The molecule has 0 amide bonds. The summed E-state index contributed by atoms with van der Waals surface area (Å²) in [5.74, 6) is 8.08. The van der Waals surface area contributed by atoms with Crippen LogP contribution in [-0.4, -0.2) is 12.1 Å². The first kappa shape index (κ1) is 18.1. The van der Waals surface area contributed by atoms with Crippen molar-refractivity contribution in [2.24, 2.45) is 17.4 Å². The quantitative estimate of drug-likeness (QED) is 0.218. The van der Waals surface area contributed by atoms with Crippen molar-refractivity contribution in [1.82, 2.24) is 0 Å². The van der Waals surface area contributed by atoms with Gasteiger partial charge in [-0.25, -0.2) is 0 Å². The molecular weight excluding hydrogens is 310 g/mol. The highest BCUT2D eigenvalue weighted by Crippen LogP contribution is 2.25. The maximum atomic E-state index is 7.43. The van der Waals surface area contributed by atoms with Crippen LogP contribution >= 0.6 is 0 Å². The lowest BCUT2D eigenvalue weighted by atomic mass is 9.99. The maximum Gasteiger partial charge on any atom is 0.122 e. The normalized spacial score (nSPS) is 9.68. The topological polar surface area (TPSA) is 126 Å². The largest absolute Gasteiger partial charge is 0.384 e. The van der Waals surface area contributed by atoms with Gasteiger partial charge < -0.3 is 11.1 Å². The van der Waals surface area contributed by atoms with Crippen molar-refractivity contribution in [3.05, 3.63) is 83.9 Å². The summed E-state index contributed by atoms with van der Waals surface area (Å²) in [5, 5.41) is 14.7. The molecule has 0 aromatic heterocycles. The molecule has 0 saturated carbocycles. The predicted octanol–water partition coefficient (Wildman–Crippen LogP) is 3.12. The summed E-state index contributed by atoms with van der Waals surface area (Å²) in [4.78, 5) is 0. The van der Waals surface area contributed by atoms with E-state index in [0.717, 1.165) is 33.4 Å². The van der Waals surface area contributed by atoms with Crippen molar-refractivity contribution < 1.29 is 0 Å². The second-order valence-electron chi connectivity index (χ2n) is 5.33. The minimum atomic E-state index is 0.0836. The summed E-state index contributed by atoms with van der Waals surface area (Å²) < 4.78 is 0. The van der Waals surface area contributed by atoms with Crippen molar-refractivity contribution in [3.63, 3.8) is 0 Å². The Labute approximate surface area is 147 Å². The van der Waals surface area contributed by atoms with Crippen LogP contribution in [0.3, 0.4) is 0 Å². The molecule has 0 radical (unpaired) electrons. The van der Waals surface area contributed by atoms with Gasteiger partial charge in [0.15, 0.2) is 0 Å². The Hall–Kier alpha value is -3.28. The number of nitrogens with one attached hydrogen (secondary N) is 2. The van der Waals surface area contributed by atoms with Gasteiger partial charge in [-0.15, -0.1) is 0 Å². The highest BCUT2D eigenvalue weighted by atomic mass is 15.0. The molecule has 126 valence electrons. The first-order valence-corrected chi connectivity index (χ1v) is 7.66. The lowest BCUT2D eigenvalue weighted by Gasteiger charge is -2.06. The summed E-state index contributed by atoms with van der Waals surface area (Å²) >= 11 is 0. The third-order valence-electron chi connectivity index (χ3n) is 3.82. The van der Waals surface area contributed by atoms with Crippen LogP contribution in [0.5, 0.6) is 0 Å². The molecule has 3 aromatic rings. The number of amidine groups is 1. The summed E-state index contributed by atoms with van der Waals surface area (Å²) in [6.45, 7) is 0. The van der Waals surface area contributed by atoms with Crippen molar-refractivity contribution in [2.75, 3.05) is 0 Å². The minimum Gasteiger partial charge on any atom is -0.384 e. The van der Waals surface area contributed by atoms with E-state index in [-0.39, 0.29) is 5.84 Å². The molecule has 0 spiro atoms. The van der Waals surface area contributed by atoms with E-state index in [1.807, 2.05) is 48.5 Å². The Morgan fingerprint density at radius 1 is 0.640 bits per heavy atom. The molecule has 5 nitrogen and oxygen atoms in total. The molecule has 3 rings (SSSR count). The van der Waals surface area contributed by atoms with Gasteiger partial charge in [-0.3, -0.25) is 17.1 Å². The van der Waals surface area contributed by atoms with E-state index >= 15 is 0 Å². The van der Waals surface area contributed by atoms with Crippen LogP contribution in [0.1, 0.15) is 11.1 Å². The molecule has 0 aliphatic heterocycles. The van der Waals surface area contributed by atoms with Gasteiger partial charge in [0.2, 0.25) is 0 Å². The molecule has 0 heterocycles. The Kier molecular flexibility index (Phi) is 6.17. The van der Waals surface area contributed by atoms with Crippen LogP contribution in [0.4, 0.5) is 0 Å². The third kappa shape index (κ3) is 4.38. The van der Waals surface area contributed by atoms with Crippen LogP contribution in [0.25, 0.3) is 22.3 Å². The SMILES string of the molecule is N=Cc1ccc(-c2ccc(-c3ccc(C(=N)N)cc3)cc2)cc1.NN. The molecule has 5 heteroatoms. The van der Waals surface area contributed by atoms with E-state index in [2.05, 4.69) is 36.0 Å². The Morgan fingerprint density at radius 2 is 0.960 bits per heavy atom. The Balaban J connectivity index is 0.00000109. The van der Waals surface area contributed by atoms with E-state index in [1.54, 1.807) is 0 Å². The van der Waals surface area contributed by atoms with Crippen molar-refractivity contribution in [1.29, 1.82) is 10.8 Å². The van der Waals surface area contributed by atoms with Gasteiger partial charge in [0.25, 0.3) is 0 Å². The lowest BCUT2D eigenvalue weighted by Crippen LogP contribution is -2.10. The van der Waals surface area contributed by atoms with Gasteiger partial charge in [-0.2, -0.15) is 0 Å². The van der Waals surface area contributed by atoms with Crippen LogP contribution < -0.4 is 17.4 Å². The van der Waals surface area contributed by atoms with E-state index in [1.165, 1.54) is 6.21 Å². The van der Waals surface area contributed by atoms with Crippen LogP contribution in [-0.2, 0) is 0 Å². The van der Waals surface area contributed by atoms with E-state index < -0.39 is 0 Å². The first-order chi connectivity index (χ1) is 12.2. The number of hydrogen-bond acceptors (Lipinski definition) is 4. The van der Waals surface area contributed by atoms with E-state index in [4.69, 9.17) is 16.6 Å². The third-order valence-corrected chi connectivity index (χ3v) is 3.82. The summed E-state index contributed by atoms with van der Waals surface area (Å²) in [7, 11) is 0. The van der Waals surface area contributed by atoms with E-state index in [0.29, 0.717) is 0 Å². The number of rotatable bonds is 4. The second-order valence-corrected chi connectivity index (χ2v) is 5.33. The monoisotopic (exact) mass is 331 g/mol. The molecule has 0 aliphatic carbocycles. The fourth-order valence-corrected chi connectivity index (χ4v) is 2.47. The van der Waals surface area contributed by atoms with Crippen molar-refractivity contribution in [3.8, 4) is 22.3 Å². The standard InChI is InChI=1S/C20H17N3.H4N2/c21-13-14-1-3-15(4-2-14)16-5-7-17(8-6-16)18-9-11-19(12-10-18)20(22)23;1-2/h1-13,21H,(H3,22,23);1-2H2. The van der Waals surface area contributed by atoms with Crippen LogP contribution in [0.2, 0.25) is 0 Å². The molecule has 0 fully saturated rings. The zero-order valence-electron chi connectivity index (χ0n) is 13.7. The zero-order valence-corrected chi connectivity index (χ0v) is 13.7. The highest BCUT2D eigenvalue weighted by molar-refractivity contribution is 5.95. The average Bonchev–Trinajstić information content (AvgIpc) is 2.70. The smallest absolute Gasteiger partial charge is 0.122 e. The van der Waals surface area contributed by atoms with E-state index in [9.17, 15) is 0 Å². The second kappa shape index (κ2) is 8.54. The number of hydrogen-bond donors (Lipinski definition) is 5. The molecule has 25 heavy (non-hydrogen) atoms. The van der Waals surface area contributed by atoms with Crippen molar-refractivity contribution >= 4 is 12.1 Å². The molecule has 0 saturated heterocycles. The molecule has 8 N–H and O–H groups in total. The molecule has 0 unspecified atom stereocenters. The molecule has 0 aliphatic rings. The van der Waals surface area contributed by atoms with Gasteiger partial charge in [-0.1, -0.05) is 72.8 Å². The van der Waals surface area contributed by atoms with Gasteiger partial charge in [0, 0.05) is 11.8 Å². The fourth-order valence-electron chi connectivity index (χ4n) is 2.47. The number of benzene rings is 3. The highest BCUT2D eigenvalue weighted by Gasteiger charge is 2.02. The lowest BCUT2D eigenvalue weighted by molar-refractivity contribution is 1.26.